The van der Waals surface area contributed by atoms with Gasteiger partial charge in [-0.2, -0.15) is 0 Å². The predicted octanol–water partition coefficient (Wildman–Crippen LogP) is 6.40. The van der Waals surface area contributed by atoms with Gasteiger partial charge in [-0.1, -0.05) is 69.2 Å². The molecular weight excluding hydrogens is 240 g/mol. The average molecular weight is 279 g/mol. The van der Waals surface area contributed by atoms with E-state index in [0.717, 1.165) is 23.7 Å². The molecule has 0 radical (unpaired) electrons. The summed E-state index contributed by atoms with van der Waals surface area (Å²) >= 11 is 0. The third-order valence-corrected chi connectivity index (χ3v) is 9.33. The monoisotopic (exact) mass is 278 g/mol. The Kier molecular flexibility index (Phi) is 3.49. The van der Waals surface area contributed by atoms with Gasteiger partial charge >= 0.3 is 0 Å². The van der Waals surface area contributed by atoms with Crippen LogP contribution < -0.4 is 0 Å². The van der Waals surface area contributed by atoms with Crippen LogP contribution in [0.1, 0.15) is 82.1 Å². The van der Waals surface area contributed by atoms with E-state index in [0.29, 0.717) is 21.7 Å². The first-order chi connectivity index (χ1) is 8.83. The minimum absolute atomic E-state index is 0.343. The molecule has 0 N–H and O–H groups in total. The van der Waals surface area contributed by atoms with E-state index >= 15 is 0 Å². The fourth-order valence-electron chi connectivity index (χ4n) is 6.49. The van der Waals surface area contributed by atoms with Crippen molar-refractivity contribution >= 4 is 0 Å². The molecule has 6 unspecified atom stereocenters. The second-order valence-electron chi connectivity index (χ2n) is 10.1. The molecule has 0 nitrogen and oxygen atoms in total. The molecule has 0 heteroatoms. The highest BCUT2D eigenvalue weighted by atomic mass is 14.7. The Morgan fingerprint density at radius 2 is 1.35 bits per heavy atom. The topological polar surface area (TPSA) is 0 Å². The van der Waals surface area contributed by atoms with E-state index in [4.69, 9.17) is 0 Å². The molecule has 0 heterocycles. The molecule has 118 valence electrons. The van der Waals surface area contributed by atoms with Crippen molar-refractivity contribution in [2.45, 2.75) is 82.1 Å². The van der Waals surface area contributed by atoms with Crippen LogP contribution in [0.4, 0.5) is 0 Å². The van der Waals surface area contributed by atoms with Crippen molar-refractivity contribution in [1.82, 2.24) is 0 Å². The molecule has 2 fully saturated rings. The van der Waals surface area contributed by atoms with Crippen molar-refractivity contribution in [2.24, 2.45) is 45.3 Å². The van der Waals surface area contributed by atoms with Gasteiger partial charge in [0.1, 0.15) is 0 Å². The lowest BCUT2D eigenvalue weighted by Gasteiger charge is -2.61. The Morgan fingerprint density at radius 3 is 1.80 bits per heavy atom. The van der Waals surface area contributed by atoms with Crippen LogP contribution in [0.25, 0.3) is 0 Å². The molecule has 0 amide bonds. The Morgan fingerprint density at radius 1 is 0.850 bits per heavy atom. The zero-order valence-electron chi connectivity index (χ0n) is 15.7. The van der Waals surface area contributed by atoms with Crippen LogP contribution in [0.15, 0.2) is 0 Å². The van der Waals surface area contributed by atoms with Crippen LogP contribution in [0.2, 0.25) is 0 Å². The highest BCUT2D eigenvalue weighted by Gasteiger charge is 2.70. The second-order valence-corrected chi connectivity index (χ2v) is 10.1. The summed E-state index contributed by atoms with van der Waals surface area (Å²) in [6, 6.07) is 0. The van der Waals surface area contributed by atoms with Crippen molar-refractivity contribution in [1.29, 1.82) is 0 Å². The maximum absolute atomic E-state index is 2.64. The zero-order valence-corrected chi connectivity index (χ0v) is 15.7. The van der Waals surface area contributed by atoms with Crippen LogP contribution in [-0.2, 0) is 0 Å². The largest absolute Gasteiger partial charge is 0.0620 e. The molecule has 0 spiro atoms. The maximum atomic E-state index is 2.64. The SMILES string of the molecule is CC1C2CCC(C)C2(C)C(C)(C(C)(C)C(C)(C)C)C1C. The molecule has 20 heavy (non-hydrogen) atoms. The fraction of sp³-hybridized carbons (Fsp3) is 1.00. The van der Waals surface area contributed by atoms with E-state index in [1.165, 1.54) is 12.8 Å². The van der Waals surface area contributed by atoms with Crippen LogP contribution in [-0.4, -0.2) is 0 Å². The molecule has 2 aliphatic carbocycles. The Hall–Kier alpha value is 0. The van der Waals surface area contributed by atoms with Gasteiger partial charge < -0.3 is 0 Å². The lowest BCUT2D eigenvalue weighted by Crippen LogP contribution is -2.55. The van der Waals surface area contributed by atoms with Crippen molar-refractivity contribution in [3.8, 4) is 0 Å². The smallest absolute Gasteiger partial charge is 0.0182 e. The summed E-state index contributed by atoms with van der Waals surface area (Å²) in [6.07, 6.45) is 2.90. The summed E-state index contributed by atoms with van der Waals surface area (Å²) in [5, 5.41) is 0. The quantitative estimate of drug-likeness (QED) is 0.520. The van der Waals surface area contributed by atoms with Gasteiger partial charge in [-0.25, -0.2) is 0 Å². The number of fused-ring (bicyclic) bond motifs is 1. The molecule has 6 atom stereocenters. The lowest BCUT2D eigenvalue weighted by molar-refractivity contribution is -0.132. The summed E-state index contributed by atoms with van der Waals surface area (Å²) < 4.78 is 0. The lowest BCUT2D eigenvalue weighted by atomic mass is 9.43. The van der Waals surface area contributed by atoms with E-state index in [-0.39, 0.29) is 0 Å². The Labute approximate surface area is 128 Å². The van der Waals surface area contributed by atoms with E-state index in [9.17, 15) is 0 Å². The van der Waals surface area contributed by atoms with Gasteiger partial charge in [0.15, 0.2) is 0 Å². The molecule has 2 saturated carbocycles. The number of hydrogen-bond donors (Lipinski definition) is 0. The van der Waals surface area contributed by atoms with E-state index in [2.05, 4.69) is 69.2 Å². The molecule has 2 rings (SSSR count). The van der Waals surface area contributed by atoms with Gasteiger partial charge in [0.25, 0.3) is 0 Å². The summed E-state index contributed by atoms with van der Waals surface area (Å²) in [4.78, 5) is 0. The van der Waals surface area contributed by atoms with Crippen molar-refractivity contribution in [2.75, 3.05) is 0 Å². The van der Waals surface area contributed by atoms with Crippen molar-refractivity contribution in [3.05, 3.63) is 0 Å². The molecule has 0 aromatic carbocycles. The van der Waals surface area contributed by atoms with Gasteiger partial charge in [0, 0.05) is 0 Å². The normalized spacial score (nSPS) is 49.5. The highest BCUT2D eigenvalue weighted by molar-refractivity contribution is 5.18. The van der Waals surface area contributed by atoms with Crippen LogP contribution in [0.5, 0.6) is 0 Å². The van der Waals surface area contributed by atoms with Gasteiger partial charge in [0.2, 0.25) is 0 Å². The third kappa shape index (κ3) is 1.55. The first-order valence-electron chi connectivity index (χ1n) is 8.83. The van der Waals surface area contributed by atoms with Gasteiger partial charge in [-0.05, 0) is 58.2 Å². The number of hydrogen-bond acceptors (Lipinski definition) is 0. The van der Waals surface area contributed by atoms with Gasteiger partial charge in [0.05, 0.1) is 0 Å². The minimum Gasteiger partial charge on any atom is -0.0620 e. The highest BCUT2D eigenvalue weighted by Crippen LogP contribution is 2.76. The summed E-state index contributed by atoms with van der Waals surface area (Å²) in [5.74, 6) is 3.48. The van der Waals surface area contributed by atoms with E-state index in [1.807, 2.05) is 0 Å². The van der Waals surface area contributed by atoms with Crippen molar-refractivity contribution < 1.29 is 0 Å². The summed E-state index contributed by atoms with van der Waals surface area (Å²) in [5.41, 5.74) is 1.60. The van der Waals surface area contributed by atoms with E-state index < -0.39 is 0 Å². The second kappa shape index (κ2) is 4.26. The zero-order chi connectivity index (χ0) is 15.7. The molecule has 0 aromatic rings. The molecule has 0 bridgehead atoms. The first kappa shape index (κ1) is 16.4. The predicted molar refractivity (Wildman–Crippen MR) is 89.7 cm³/mol. The first-order valence-corrected chi connectivity index (χ1v) is 8.83. The molecule has 0 aliphatic heterocycles. The molecule has 0 saturated heterocycles. The fourth-order valence-corrected chi connectivity index (χ4v) is 6.49. The average Bonchev–Trinajstić information content (AvgIpc) is 2.69. The Balaban J connectivity index is 2.64. The summed E-state index contributed by atoms with van der Waals surface area (Å²) in [6.45, 7) is 25.4. The van der Waals surface area contributed by atoms with Crippen LogP contribution in [0.3, 0.4) is 0 Å². The van der Waals surface area contributed by atoms with Crippen molar-refractivity contribution in [3.63, 3.8) is 0 Å². The van der Waals surface area contributed by atoms with Crippen LogP contribution in [0, 0.1) is 45.3 Å². The number of rotatable bonds is 1. The molecule has 2 aliphatic rings. The Bertz CT molecular complexity index is 385. The van der Waals surface area contributed by atoms with E-state index in [1.54, 1.807) is 0 Å². The maximum Gasteiger partial charge on any atom is -0.0182 e. The third-order valence-electron chi connectivity index (χ3n) is 9.33. The van der Waals surface area contributed by atoms with Crippen LogP contribution >= 0.6 is 0 Å². The summed E-state index contributed by atoms with van der Waals surface area (Å²) in [7, 11) is 0. The van der Waals surface area contributed by atoms with Gasteiger partial charge in [-0.3, -0.25) is 0 Å². The standard InChI is InChI=1S/C20H38/c1-13-11-12-16-14(2)15(3)20(10,19(13,16)9)18(7,8)17(4,5)6/h13-16H,11-12H2,1-10H3. The molecule has 0 aromatic heterocycles. The van der Waals surface area contributed by atoms with Gasteiger partial charge in [-0.15, -0.1) is 0 Å². The molecular formula is C20H38. The minimum atomic E-state index is 0.343.